The third kappa shape index (κ3) is 3.48. The van der Waals surface area contributed by atoms with Crippen molar-refractivity contribution in [3.05, 3.63) is 51.7 Å². The quantitative estimate of drug-likeness (QED) is 0.913. The van der Waals surface area contributed by atoms with Crippen LogP contribution in [-0.4, -0.2) is 0 Å². The molecule has 0 aliphatic rings. The van der Waals surface area contributed by atoms with Crippen LogP contribution in [0.5, 0.6) is 0 Å². The first-order chi connectivity index (χ1) is 8.99. The van der Waals surface area contributed by atoms with E-state index in [0.717, 1.165) is 17.0 Å². The monoisotopic (exact) mass is 282 g/mol. The highest BCUT2D eigenvalue weighted by Gasteiger charge is 2.29. The first kappa shape index (κ1) is 13.4. The molecule has 2 nitrogen and oxygen atoms in total. The minimum Gasteiger partial charge on any atom is -0.380 e. The van der Waals surface area contributed by atoms with E-state index in [1.807, 2.05) is 12.1 Å². The normalized spacial score (nSPS) is 11.1. The highest BCUT2D eigenvalue weighted by Crippen LogP contribution is 2.30. The summed E-state index contributed by atoms with van der Waals surface area (Å²) in [5.74, 6) is 0. The van der Waals surface area contributed by atoms with Crippen LogP contribution in [0.25, 0.3) is 0 Å². The molecule has 0 unspecified atom stereocenters. The number of anilines is 1. The molecule has 1 N–H and O–H groups in total. The molecule has 1 aromatic heterocycles. The Morgan fingerprint density at radius 3 is 2.32 bits per heavy atom. The Bertz CT molecular complexity index is 594. The van der Waals surface area contributed by atoms with Crippen LogP contribution in [0.3, 0.4) is 0 Å². The van der Waals surface area contributed by atoms with Gasteiger partial charge in [0.25, 0.3) is 0 Å². The maximum atomic E-state index is 12.4. The Morgan fingerprint density at radius 1 is 1.11 bits per heavy atom. The van der Waals surface area contributed by atoms with Crippen molar-refractivity contribution in [3.63, 3.8) is 0 Å². The molecule has 0 amide bonds. The molecule has 2 aromatic rings. The zero-order valence-electron chi connectivity index (χ0n) is 9.66. The predicted molar refractivity (Wildman–Crippen MR) is 67.8 cm³/mol. The van der Waals surface area contributed by atoms with Crippen molar-refractivity contribution in [2.75, 3.05) is 5.32 Å². The summed E-state index contributed by atoms with van der Waals surface area (Å²) in [6.07, 6.45) is -4.31. The van der Waals surface area contributed by atoms with Crippen molar-refractivity contribution in [2.45, 2.75) is 12.7 Å². The van der Waals surface area contributed by atoms with Gasteiger partial charge in [0, 0.05) is 17.1 Å². The van der Waals surface area contributed by atoms with Gasteiger partial charge >= 0.3 is 6.18 Å². The Balaban J connectivity index is 1.99. The van der Waals surface area contributed by atoms with Crippen molar-refractivity contribution < 1.29 is 13.2 Å². The van der Waals surface area contributed by atoms with Crippen LogP contribution < -0.4 is 5.32 Å². The molecule has 19 heavy (non-hydrogen) atoms. The van der Waals surface area contributed by atoms with Crippen molar-refractivity contribution in [2.24, 2.45) is 0 Å². The van der Waals surface area contributed by atoms with Gasteiger partial charge < -0.3 is 5.32 Å². The summed E-state index contributed by atoms with van der Waals surface area (Å²) in [7, 11) is 0. The number of hydrogen-bond donors (Lipinski definition) is 1. The van der Waals surface area contributed by atoms with E-state index >= 15 is 0 Å². The minimum atomic E-state index is -4.31. The smallest absolute Gasteiger partial charge is 0.380 e. The zero-order valence-corrected chi connectivity index (χ0v) is 10.5. The first-order valence-corrected chi connectivity index (χ1v) is 6.20. The molecule has 2 rings (SSSR count). The van der Waals surface area contributed by atoms with Gasteiger partial charge in [-0.25, -0.2) is 0 Å². The van der Waals surface area contributed by atoms with E-state index in [4.69, 9.17) is 5.26 Å². The van der Waals surface area contributed by atoms with Gasteiger partial charge in [-0.2, -0.15) is 18.4 Å². The van der Waals surface area contributed by atoms with Crippen molar-refractivity contribution >= 4 is 17.0 Å². The number of thiophene rings is 1. The lowest BCUT2D eigenvalue weighted by atomic mass is 10.2. The summed E-state index contributed by atoms with van der Waals surface area (Å²) in [6.45, 7) is 0.484. The van der Waals surface area contributed by atoms with E-state index in [-0.39, 0.29) is 0 Å². The molecule has 0 aliphatic heterocycles. The van der Waals surface area contributed by atoms with Crippen molar-refractivity contribution in [3.8, 4) is 6.07 Å². The minimum absolute atomic E-state index is 0.484. The summed E-state index contributed by atoms with van der Waals surface area (Å²) < 4.78 is 37.1. The summed E-state index contributed by atoms with van der Waals surface area (Å²) in [5.41, 5.74) is -0.0548. The van der Waals surface area contributed by atoms with Gasteiger partial charge in [-0.3, -0.25) is 0 Å². The Labute approximate surface area is 112 Å². The van der Waals surface area contributed by atoms with E-state index in [9.17, 15) is 13.2 Å². The van der Waals surface area contributed by atoms with Gasteiger partial charge in [0.15, 0.2) is 0 Å². The number of nitriles is 1. The number of nitrogens with one attached hydrogen (secondary N) is 1. The second-order valence-electron chi connectivity index (χ2n) is 3.81. The molecular formula is C13H9F3N2S. The third-order valence-electron chi connectivity index (χ3n) is 2.45. The predicted octanol–water partition coefficient (Wildman–Crippen LogP) is 4.25. The lowest BCUT2D eigenvalue weighted by Crippen LogP contribution is -2.05. The SMILES string of the molecule is N#Cc1ccc(CNc2ccc(C(F)(F)F)cc2)s1. The molecule has 0 atom stereocenters. The average Bonchev–Trinajstić information content (AvgIpc) is 2.84. The second kappa shape index (κ2) is 5.33. The summed E-state index contributed by atoms with van der Waals surface area (Å²) in [5, 5.41) is 11.7. The third-order valence-corrected chi connectivity index (χ3v) is 3.44. The zero-order chi connectivity index (χ0) is 13.9. The molecule has 0 saturated carbocycles. The molecule has 0 fully saturated rings. The topological polar surface area (TPSA) is 35.8 Å². The molecule has 0 aliphatic carbocycles. The summed E-state index contributed by atoms with van der Waals surface area (Å²) in [4.78, 5) is 1.57. The summed E-state index contributed by atoms with van der Waals surface area (Å²) in [6, 6.07) is 10.4. The van der Waals surface area contributed by atoms with Crippen LogP contribution in [0.15, 0.2) is 36.4 Å². The Hall–Kier alpha value is -2.00. The molecule has 0 bridgehead atoms. The van der Waals surface area contributed by atoms with Crippen molar-refractivity contribution in [1.82, 2.24) is 0 Å². The van der Waals surface area contributed by atoms with E-state index < -0.39 is 11.7 Å². The van der Waals surface area contributed by atoms with Crippen LogP contribution in [0.1, 0.15) is 15.3 Å². The molecule has 0 radical (unpaired) electrons. The maximum Gasteiger partial charge on any atom is 0.416 e. The maximum absolute atomic E-state index is 12.4. The fourth-order valence-electron chi connectivity index (χ4n) is 1.50. The lowest BCUT2D eigenvalue weighted by molar-refractivity contribution is -0.137. The summed E-state index contributed by atoms with van der Waals surface area (Å²) >= 11 is 1.36. The molecule has 0 saturated heterocycles. The number of benzene rings is 1. The number of halogens is 3. The fraction of sp³-hybridized carbons (Fsp3) is 0.154. The van der Waals surface area contributed by atoms with Gasteiger partial charge in [0.1, 0.15) is 10.9 Å². The number of nitrogens with zero attached hydrogens (tertiary/aromatic N) is 1. The highest BCUT2D eigenvalue weighted by molar-refractivity contribution is 7.12. The molecule has 0 spiro atoms. The largest absolute Gasteiger partial charge is 0.416 e. The van der Waals surface area contributed by atoms with Gasteiger partial charge in [0.05, 0.1) is 5.56 Å². The van der Waals surface area contributed by atoms with Crippen LogP contribution in [-0.2, 0) is 12.7 Å². The van der Waals surface area contributed by atoms with E-state index in [1.54, 1.807) is 6.07 Å². The van der Waals surface area contributed by atoms with Gasteiger partial charge in [-0.05, 0) is 36.4 Å². The van der Waals surface area contributed by atoms with Gasteiger partial charge in [0.2, 0.25) is 0 Å². The number of rotatable bonds is 3. The molecule has 1 heterocycles. The second-order valence-corrected chi connectivity index (χ2v) is 4.97. The van der Waals surface area contributed by atoms with E-state index in [2.05, 4.69) is 5.32 Å². The van der Waals surface area contributed by atoms with Gasteiger partial charge in [-0.1, -0.05) is 0 Å². The number of alkyl halides is 3. The molecule has 6 heteroatoms. The first-order valence-electron chi connectivity index (χ1n) is 5.39. The van der Waals surface area contributed by atoms with Crippen LogP contribution in [0.4, 0.5) is 18.9 Å². The highest BCUT2D eigenvalue weighted by atomic mass is 32.1. The standard InChI is InChI=1S/C13H9F3N2S/c14-13(15,16)9-1-3-10(4-2-9)18-8-12-6-5-11(7-17)19-12/h1-6,18H,8H2. The van der Waals surface area contributed by atoms with Gasteiger partial charge in [-0.15, -0.1) is 11.3 Å². The van der Waals surface area contributed by atoms with Crippen LogP contribution in [0.2, 0.25) is 0 Å². The van der Waals surface area contributed by atoms with E-state index in [1.165, 1.54) is 23.5 Å². The Kier molecular flexibility index (Phi) is 3.76. The molecular weight excluding hydrogens is 273 g/mol. The van der Waals surface area contributed by atoms with Crippen LogP contribution in [0, 0.1) is 11.3 Å². The lowest BCUT2D eigenvalue weighted by Gasteiger charge is -2.08. The fourth-order valence-corrected chi connectivity index (χ4v) is 2.24. The van der Waals surface area contributed by atoms with Crippen molar-refractivity contribution in [1.29, 1.82) is 5.26 Å². The molecule has 98 valence electrons. The number of hydrogen-bond acceptors (Lipinski definition) is 3. The Morgan fingerprint density at radius 2 is 1.79 bits per heavy atom. The molecule has 1 aromatic carbocycles. The average molecular weight is 282 g/mol. The van der Waals surface area contributed by atoms with E-state index in [0.29, 0.717) is 17.1 Å². The van der Waals surface area contributed by atoms with Crippen LogP contribution >= 0.6 is 11.3 Å².